The number of amides is 2. The van der Waals surface area contributed by atoms with Crippen molar-refractivity contribution in [1.82, 2.24) is 9.80 Å². The van der Waals surface area contributed by atoms with Crippen LogP contribution in [0, 0.1) is 0 Å². The summed E-state index contributed by atoms with van der Waals surface area (Å²) in [6.45, 7) is 3.21. The lowest BCUT2D eigenvalue weighted by atomic mass is 10.1. The molecule has 19 heavy (non-hydrogen) atoms. The Morgan fingerprint density at radius 2 is 1.47 bits per heavy atom. The zero-order chi connectivity index (χ0) is 13.5. The summed E-state index contributed by atoms with van der Waals surface area (Å²) in [6, 6.07) is 0. The topological polar surface area (TPSA) is 49.9 Å². The molecule has 2 saturated heterocycles. The van der Waals surface area contributed by atoms with Gasteiger partial charge in [-0.15, -0.1) is 0 Å². The number of likely N-dealkylation sites (tertiary alicyclic amines) is 2. The van der Waals surface area contributed by atoms with Crippen molar-refractivity contribution in [2.75, 3.05) is 33.0 Å². The lowest BCUT2D eigenvalue weighted by Gasteiger charge is -2.27. The molecule has 2 aliphatic rings. The van der Waals surface area contributed by atoms with E-state index in [-0.39, 0.29) is 11.8 Å². The minimum absolute atomic E-state index is 0.201. The van der Waals surface area contributed by atoms with Crippen LogP contribution in [0.15, 0.2) is 0 Å². The molecule has 0 aromatic carbocycles. The fourth-order valence-corrected chi connectivity index (χ4v) is 2.62. The number of carbonyl (C=O) groups is 2. The van der Waals surface area contributed by atoms with Gasteiger partial charge in [0.1, 0.15) is 6.73 Å². The van der Waals surface area contributed by atoms with Gasteiger partial charge in [-0.1, -0.05) is 6.42 Å². The Bertz CT molecular complexity index is 320. The highest BCUT2D eigenvalue weighted by Crippen LogP contribution is 2.12. The molecule has 2 rings (SSSR count). The minimum atomic E-state index is 0.201. The van der Waals surface area contributed by atoms with E-state index < -0.39 is 0 Å². The molecule has 0 spiro atoms. The maximum atomic E-state index is 11.7. The van der Waals surface area contributed by atoms with Crippen molar-refractivity contribution in [3.63, 3.8) is 0 Å². The normalized spacial score (nSPS) is 21.7. The van der Waals surface area contributed by atoms with Crippen LogP contribution in [-0.2, 0) is 14.3 Å². The summed E-state index contributed by atoms with van der Waals surface area (Å²) in [7, 11) is 0. The molecule has 0 N–H and O–H groups in total. The van der Waals surface area contributed by atoms with Crippen LogP contribution in [0.4, 0.5) is 0 Å². The van der Waals surface area contributed by atoms with Crippen molar-refractivity contribution < 1.29 is 14.3 Å². The quantitative estimate of drug-likeness (QED) is 0.708. The first-order chi connectivity index (χ1) is 9.27. The molecular formula is C14H24N2O3. The SMILES string of the molecule is O=C1CCCCN1CCOCN1CCCCCC1=O. The van der Waals surface area contributed by atoms with Crippen molar-refractivity contribution in [3.05, 3.63) is 0 Å². The first-order valence-electron chi connectivity index (χ1n) is 7.40. The van der Waals surface area contributed by atoms with Gasteiger partial charge in [0.2, 0.25) is 11.8 Å². The fraction of sp³-hybridized carbons (Fsp3) is 0.857. The number of carbonyl (C=O) groups excluding carboxylic acids is 2. The van der Waals surface area contributed by atoms with E-state index in [1.807, 2.05) is 4.90 Å². The summed E-state index contributed by atoms with van der Waals surface area (Å²) in [4.78, 5) is 27.0. The smallest absolute Gasteiger partial charge is 0.224 e. The van der Waals surface area contributed by atoms with Gasteiger partial charge in [-0.05, 0) is 25.7 Å². The van der Waals surface area contributed by atoms with E-state index in [0.29, 0.717) is 32.7 Å². The maximum absolute atomic E-state index is 11.7. The zero-order valence-electron chi connectivity index (χ0n) is 11.6. The Hall–Kier alpha value is -1.10. The van der Waals surface area contributed by atoms with Crippen molar-refractivity contribution in [2.45, 2.75) is 44.9 Å². The molecule has 2 amide bonds. The van der Waals surface area contributed by atoms with Crippen molar-refractivity contribution in [3.8, 4) is 0 Å². The van der Waals surface area contributed by atoms with Crippen molar-refractivity contribution in [2.24, 2.45) is 0 Å². The molecule has 5 heteroatoms. The average Bonchev–Trinajstić information content (AvgIpc) is 2.62. The van der Waals surface area contributed by atoms with Gasteiger partial charge in [-0.25, -0.2) is 0 Å². The molecule has 2 fully saturated rings. The molecule has 5 nitrogen and oxygen atoms in total. The van der Waals surface area contributed by atoms with E-state index >= 15 is 0 Å². The lowest BCUT2D eigenvalue weighted by Crippen LogP contribution is -2.39. The van der Waals surface area contributed by atoms with E-state index in [9.17, 15) is 9.59 Å². The Kier molecular flexibility index (Phi) is 5.63. The largest absolute Gasteiger partial charge is 0.359 e. The van der Waals surface area contributed by atoms with Gasteiger partial charge in [-0.2, -0.15) is 0 Å². The molecule has 2 heterocycles. The predicted octanol–water partition coefficient (Wildman–Crippen LogP) is 1.38. The Morgan fingerprint density at radius 3 is 2.26 bits per heavy atom. The molecule has 2 aliphatic heterocycles. The van der Waals surface area contributed by atoms with Gasteiger partial charge in [0.05, 0.1) is 6.61 Å². The summed E-state index contributed by atoms with van der Waals surface area (Å²) in [5.74, 6) is 0.437. The number of nitrogens with zero attached hydrogens (tertiary/aromatic N) is 2. The summed E-state index contributed by atoms with van der Waals surface area (Å²) in [5, 5.41) is 0. The molecular weight excluding hydrogens is 244 g/mol. The minimum Gasteiger partial charge on any atom is -0.359 e. The molecule has 0 unspecified atom stereocenters. The van der Waals surface area contributed by atoms with Crippen LogP contribution in [0.2, 0.25) is 0 Å². The average molecular weight is 268 g/mol. The van der Waals surface area contributed by atoms with Crippen LogP contribution in [0.3, 0.4) is 0 Å². The lowest BCUT2D eigenvalue weighted by molar-refractivity contribution is -0.139. The van der Waals surface area contributed by atoms with Gasteiger partial charge in [0, 0.05) is 32.5 Å². The van der Waals surface area contributed by atoms with E-state index in [2.05, 4.69) is 0 Å². The van der Waals surface area contributed by atoms with E-state index in [1.165, 1.54) is 0 Å². The van der Waals surface area contributed by atoms with Gasteiger partial charge in [0.25, 0.3) is 0 Å². The first-order valence-corrected chi connectivity index (χ1v) is 7.40. The highest BCUT2D eigenvalue weighted by atomic mass is 16.5. The second kappa shape index (κ2) is 7.48. The zero-order valence-corrected chi connectivity index (χ0v) is 11.6. The summed E-state index contributed by atoms with van der Waals surface area (Å²) in [5.41, 5.74) is 0. The number of ether oxygens (including phenoxy) is 1. The third-order valence-corrected chi connectivity index (χ3v) is 3.85. The Labute approximate surface area is 114 Å². The molecule has 0 aromatic heterocycles. The van der Waals surface area contributed by atoms with E-state index in [1.54, 1.807) is 4.90 Å². The summed E-state index contributed by atoms with van der Waals surface area (Å²) >= 11 is 0. The molecule has 0 aliphatic carbocycles. The van der Waals surface area contributed by atoms with E-state index in [0.717, 1.165) is 45.2 Å². The van der Waals surface area contributed by atoms with Crippen LogP contribution in [0.5, 0.6) is 0 Å². The van der Waals surface area contributed by atoms with Gasteiger partial charge >= 0.3 is 0 Å². The number of piperidine rings is 1. The van der Waals surface area contributed by atoms with Crippen LogP contribution in [-0.4, -0.2) is 54.6 Å². The molecule has 108 valence electrons. The third kappa shape index (κ3) is 4.49. The second-order valence-corrected chi connectivity index (χ2v) is 5.34. The Morgan fingerprint density at radius 1 is 0.842 bits per heavy atom. The molecule has 0 atom stereocenters. The van der Waals surface area contributed by atoms with Crippen LogP contribution in [0.1, 0.15) is 44.9 Å². The van der Waals surface area contributed by atoms with Crippen molar-refractivity contribution >= 4 is 11.8 Å². The monoisotopic (exact) mass is 268 g/mol. The first kappa shape index (κ1) is 14.3. The molecule has 0 bridgehead atoms. The number of hydrogen-bond donors (Lipinski definition) is 0. The standard InChI is InChI=1S/C14H24N2O3/c17-13-7-3-5-8-15(13)10-11-19-12-16-9-4-1-2-6-14(16)18/h1-12H2. The van der Waals surface area contributed by atoms with Gasteiger partial charge in [-0.3, -0.25) is 9.59 Å². The highest BCUT2D eigenvalue weighted by molar-refractivity contribution is 5.77. The predicted molar refractivity (Wildman–Crippen MR) is 71.4 cm³/mol. The maximum Gasteiger partial charge on any atom is 0.224 e. The van der Waals surface area contributed by atoms with Crippen LogP contribution >= 0.6 is 0 Å². The fourth-order valence-electron chi connectivity index (χ4n) is 2.62. The Balaban J connectivity index is 1.62. The highest BCUT2D eigenvalue weighted by Gasteiger charge is 2.18. The second-order valence-electron chi connectivity index (χ2n) is 5.34. The van der Waals surface area contributed by atoms with Gasteiger partial charge in [0.15, 0.2) is 0 Å². The van der Waals surface area contributed by atoms with E-state index in [4.69, 9.17) is 4.74 Å². The van der Waals surface area contributed by atoms with Crippen LogP contribution < -0.4 is 0 Å². The molecule has 0 radical (unpaired) electrons. The third-order valence-electron chi connectivity index (χ3n) is 3.85. The van der Waals surface area contributed by atoms with Crippen molar-refractivity contribution in [1.29, 1.82) is 0 Å². The van der Waals surface area contributed by atoms with Gasteiger partial charge < -0.3 is 14.5 Å². The summed E-state index contributed by atoms with van der Waals surface area (Å²) < 4.78 is 5.56. The molecule has 0 saturated carbocycles. The number of hydrogen-bond acceptors (Lipinski definition) is 3. The van der Waals surface area contributed by atoms with Crippen LogP contribution in [0.25, 0.3) is 0 Å². The summed E-state index contributed by atoms with van der Waals surface area (Å²) in [6.07, 6.45) is 6.62. The molecule has 0 aromatic rings. The number of rotatable bonds is 5.